The predicted octanol–water partition coefficient (Wildman–Crippen LogP) is 7.68. The Morgan fingerprint density at radius 3 is 1.69 bits per heavy atom. The van der Waals surface area contributed by atoms with E-state index in [2.05, 4.69) is 10.2 Å². The number of carboxylic acids is 1. The van der Waals surface area contributed by atoms with Crippen LogP contribution in [0.15, 0.2) is 115 Å². The summed E-state index contributed by atoms with van der Waals surface area (Å²) in [4.78, 5) is 13.9. The van der Waals surface area contributed by atoms with Crippen molar-refractivity contribution in [2.24, 2.45) is 5.92 Å². The Morgan fingerprint density at radius 2 is 1.24 bits per heavy atom. The molecule has 4 aromatic rings. The van der Waals surface area contributed by atoms with Crippen LogP contribution in [0.5, 0.6) is 0 Å². The van der Waals surface area contributed by atoms with Gasteiger partial charge in [0.25, 0.3) is 0 Å². The summed E-state index contributed by atoms with van der Waals surface area (Å²) in [7, 11) is 1.84. The van der Waals surface area contributed by atoms with Gasteiger partial charge in [-0.1, -0.05) is 115 Å². The fraction of sp³-hybridized carbons (Fsp3) is 0.405. The monoisotopic (exact) mass is 738 g/mol. The first-order chi connectivity index (χ1) is 23.5. The van der Waals surface area contributed by atoms with E-state index in [0.29, 0.717) is 6.42 Å². The molecular weight excluding hydrogens is 683 g/mol. The molecule has 0 radical (unpaired) electrons. The van der Waals surface area contributed by atoms with Gasteiger partial charge in [0.15, 0.2) is 0 Å². The number of hydrogen-bond donors (Lipinski definition) is 5. The standard InChI is InChI=1S/C32H39NO4.C10H15NO.2ClH/c1-31(2,30(35)36)25-17-15-24(16-18-25)29(34)14-9-21-33-22-19-28(20-23-33)32(37,26-10-5-3-6-11-26)27-12-7-4-8-13-27;1-8(11-2)10(12)9-6-4-3-5-7-9;;/h3-8,10-13,15-18,28-29,34,37H,9,14,19-23H2,1-2H3,(H,35,36);3-8,10-12H,1-2H3;2*1H/t;8-,10+;;/m.0../s1. The molecule has 0 bridgehead atoms. The molecule has 1 unspecified atom stereocenters. The molecule has 4 aromatic carbocycles. The highest BCUT2D eigenvalue weighted by atomic mass is 35.5. The molecule has 0 spiro atoms. The van der Waals surface area contributed by atoms with Crippen LogP contribution in [0.25, 0.3) is 0 Å². The fourth-order valence-electron chi connectivity index (χ4n) is 6.61. The maximum atomic E-state index is 12.1. The minimum Gasteiger partial charge on any atom is -0.481 e. The minimum atomic E-state index is -1.01. The molecule has 0 amide bonds. The predicted molar refractivity (Wildman–Crippen MR) is 211 cm³/mol. The number of rotatable bonds is 13. The quantitative estimate of drug-likeness (QED) is 0.0957. The van der Waals surface area contributed by atoms with Crippen molar-refractivity contribution in [1.82, 2.24) is 10.2 Å². The number of likely N-dealkylation sites (tertiary alicyclic amines) is 1. The van der Waals surface area contributed by atoms with Crippen molar-refractivity contribution >= 4 is 30.8 Å². The minimum absolute atomic E-state index is 0. The van der Waals surface area contributed by atoms with Crippen molar-refractivity contribution < 1.29 is 25.2 Å². The van der Waals surface area contributed by atoms with Gasteiger partial charge in [0.05, 0.1) is 17.6 Å². The van der Waals surface area contributed by atoms with Crippen molar-refractivity contribution in [2.75, 3.05) is 26.7 Å². The number of carboxylic acid groups (broad SMARTS) is 1. The number of aliphatic hydroxyl groups is 3. The zero-order chi connectivity index (χ0) is 35.4. The van der Waals surface area contributed by atoms with Crippen LogP contribution in [0.1, 0.15) is 86.5 Å². The van der Waals surface area contributed by atoms with E-state index < -0.39 is 29.2 Å². The summed E-state index contributed by atoms with van der Waals surface area (Å²) in [5.74, 6) is -0.733. The Balaban J connectivity index is 0.000000549. The Kier molecular flexibility index (Phi) is 17.8. The smallest absolute Gasteiger partial charge is 0.313 e. The van der Waals surface area contributed by atoms with Gasteiger partial charge < -0.3 is 30.6 Å². The third-order valence-corrected chi connectivity index (χ3v) is 10.2. The second kappa shape index (κ2) is 20.7. The molecular formula is C42H56Cl2N2O5. The number of piperidine rings is 1. The second-order valence-electron chi connectivity index (χ2n) is 13.8. The number of aliphatic hydroxyl groups excluding tert-OH is 2. The van der Waals surface area contributed by atoms with Gasteiger partial charge >= 0.3 is 5.97 Å². The van der Waals surface area contributed by atoms with E-state index in [4.69, 9.17) is 0 Å². The molecule has 7 nitrogen and oxygen atoms in total. The molecule has 5 N–H and O–H groups in total. The topological polar surface area (TPSA) is 113 Å². The van der Waals surface area contributed by atoms with E-state index in [1.165, 1.54) is 0 Å². The van der Waals surface area contributed by atoms with Gasteiger partial charge in [0.2, 0.25) is 0 Å². The molecule has 5 rings (SSSR count). The Labute approximate surface area is 316 Å². The van der Waals surface area contributed by atoms with Crippen molar-refractivity contribution in [3.05, 3.63) is 143 Å². The lowest BCUT2D eigenvalue weighted by atomic mass is 9.72. The summed E-state index contributed by atoms with van der Waals surface area (Å²) in [5.41, 5.74) is 2.43. The summed E-state index contributed by atoms with van der Waals surface area (Å²) < 4.78 is 0. The van der Waals surface area contributed by atoms with Crippen LogP contribution in [0.3, 0.4) is 0 Å². The number of halogens is 2. The van der Waals surface area contributed by atoms with Gasteiger partial charge in [0.1, 0.15) is 5.60 Å². The first-order valence-electron chi connectivity index (χ1n) is 17.5. The molecule has 0 aromatic heterocycles. The lowest BCUT2D eigenvalue weighted by molar-refractivity contribution is -0.142. The van der Waals surface area contributed by atoms with Crippen LogP contribution in [-0.4, -0.2) is 64.0 Å². The van der Waals surface area contributed by atoms with Crippen LogP contribution in [-0.2, 0) is 15.8 Å². The zero-order valence-electron chi connectivity index (χ0n) is 30.2. The molecule has 1 aliphatic heterocycles. The summed E-state index contributed by atoms with van der Waals surface area (Å²) in [5, 5.41) is 44.9. The van der Waals surface area contributed by atoms with Gasteiger partial charge in [-0.25, -0.2) is 0 Å². The van der Waals surface area contributed by atoms with Gasteiger partial charge in [0, 0.05) is 6.04 Å². The SMILES string of the molecule is CC(C)(C(=O)O)c1ccc(C(O)CCCN2CCC(C(O)(c3ccccc3)c3ccccc3)CC2)cc1.CN[C@@H](C)[C@@H](O)c1ccccc1.Cl.Cl. The first kappa shape index (κ1) is 43.9. The van der Waals surface area contributed by atoms with Crippen LogP contribution in [0.2, 0.25) is 0 Å². The summed E-state index contributed by atoms with van der Waals surface area (Å²) >= 11 is 0. The zero-order valence-corrected chi connectivity index (χ0v) is 31.8. The second-order valence-corrected chi connectivity index (χ2v) is 13.8. The van der Waals surface area contributed by atoms with Gasteiger partial charge in [-0.05, 0) is 107 Å². The molecule has 51 heavy (non-hydrogen) atoms. The maximum absolute atomic E-state index is 12.1. The van der Waals surface area contributed by atoms with Crippen molar-refractivity contribution in [1.29, 1.82) is 0 Å². The number of nitrogens with one attached hydrogen (secondary N) is 1. The number of nitrogens with zero attached hydrogens (tertiary/aromatic N) is 1. The molecule has 278 valence electrons. The fourth-order valence-corrected chi connectivity index (χ4v) is 6.61. The summed E-state index contributed by atoms with van der Waals surface area (Å²) in [6.45, 7) is 8.07. The van der Waals surface area contributed by atoms with E-state index in [0.717, 1.165) is 66.7 Å². The van der Waals surface area contributed by atoms with Crippen LogP contribution < -0.4 is 5.32 Å². The Hall–Kier alpha value is -3.27. The van der Waals surface area contributed by atoms with E-state index in [9.17, 15) is 25.2 Å². The molecule has 1 aliphatic rings. The highest BCUT2D eigenvalue weighted by Crippen LogP contribution is 2.42. The average molecular weight is 740 g/mol. The Bertz CT molecular complexity index is 1510. The van der Waals surface area contributed by atoms with E-state index in [1.807, 2.05) is 117 Å². The van der Waals surface area contributed by atoms with Gasteiger partial charge in [-0.3, -0.25) is 4.79 Å². The highest BCUT2D eigenvalue weighted by Gasteiger charge is 2.41. The van der Waals surface area contributed by atoms with E-state index in [-0.39, 0.29) is 36.8 Å². The lowest BCUT2D eigenvalue weighted by Gasteiger charge is -2.42. The van der Waals surface area contributed by atoms with E-state index in [1.54, 1.807) is 26.0 Å². The number of hydrogen-bond acceptors (Lipinski definition) is 6. The highest BCUT2D eigenvalue weighted by molar-refractivity contribution is 5.85. The maximum Gasteiger partial charge on any atom is 0.313 e. The molecule has 9 heteroatoms. The summed E-state index contributed by atoms with van der Waals surface area (Å²) in [6, 6.07) is 37.1. The van der Waals surface area contributed by atoms with Crippen LogP contribution >= 0.6 is 24.8 Å². The lowest BCUT2D eigenvalue weighted by Crippen LogP contribution is -2.44. The number of likely N-dealkylation sites (N-methyl/N-ethyl adjacent to an activating group) is 1. The Morgan fingerprint density at radius 1 is 0.765 bits per heavy atom. The largest absolute Gasteiger partial charge is 0.481 e. The molecule has 1 saturated heterocycles. The van der Waals surface area contributed by atoms with Gasteiger partial charge in [-0.2, -0.15) is 0 Å². The van der Waals surface area contributed by atoms with Crippen molar-refractivity contribution in [3.63, 3.8) is 0 Å². The first-order valence-corrected chi connectivity index (χ1v) is 17.5. The van der Waals surface area contributed by atoms with Crippen LogP contribution in [0, 0.1) is 5.92 Å². The van der Waals surface area contributed by atoms with Gasteiger partial charge in [-0.15, -0.1) is 24.8 Å². The molecule has 1 fully saturated rings. The number of benzene rings is 4. The number of carbonyl (C=O) groups is 1. The normalized spacial score (nSPS) is 15.6. The summed E-state index contributed by atoms with van der Waals surface area (Å²) in [6.07, 6.45) is 2.35. The van der Waals surface area contributed by atoms with Crippen LogP contribution in [0.4, 0.5) is 0 Å². The third kappa shape index (κ3) is 11.4. The molecule has 0 saturated carbocycles. The van der Waals surface area contributed by atoms with E-state index >= 15 is 0 Å². The van der Waals surface area contributed by atoms with Crippen molar-refractivity contribution in [3.8, 4) is 0 Å². The van der Waals surface area contributed by atoms with Crippen molar-refractivity contribution in [2.45, 2.75) is 75.7 Å². The number of aliphatic carboxylic acids is 1. The molecule has 3 atom stereocenters. The third-order valence-electron chi connectivity index (χ3n) is 10.2. The molecule has 0 aliphatic carbocycles. The average Bonchev–Trinajstić information content (AvgIpc) is 3.15. The molecule has 1 heterocycles.